The van der Waals surface area contributed by atoms with Gasteiger partial charge in [0.15, 0.2) is 6.10 Å². The van der Waals surface area contributed by atoms with Crippen LogP contribution in [0.5, 0.6) is 0 Å². The van der Waals surface area contributed by atoms with Crippen LogP contribution in [0, 0.1) is 0 Å². The van der Waals surface area contributed by atoms with Gasteiger partial charge in [-0.05, 0) is 26.1 Å². The largest absolute Gasteiger partial charge is 0.518 e. The first-order valence-corrected chi connectivity index (χ1v) is 7.57. The van der Waals surface area contributed by atoms with Crippen molar-refractivity contribution in [1.82, 2.24) is 0 Å². The molecule has 0 radical (unpaired) electrons. The van der Waals surface area contributed by atoms with Gasteiger partial charge in [-0.3, -0.25) is 4.79 Å². The van der Waals surface area contributed by atoms with Gasteiger partial charge in [0.25, 0.3) is 0 Å². The van der Waals surface area contributed by atoms with Crippen molar-refractivity contribution in [2.75, 3.05) is 7.11 Å². The number of rotatable bonds is 4. The number of methoxy groups -OCH3 is 1. The number of ether oxygens (including phenoxy) is 1. The second-order valence-corrected chi connectivity index (χ2v) is 8.09. The van der Waals surface area contributed by atoms with Crippen LogP contribution >= 0.6 is 0 Å². The van der Waals surface area contributed by atoms with Crippen LogP contribution in [-0.2, 0) is 14.0 Å². The fraction of sp³-hybridized carbons (Fsp3) is 0.875. The number of carbonyl (C=O) groups excluding carboxylic acids is 1. The van der Waals surface area contributed by atoms with E-state index in [2.05, 4.69) is 0 Å². The van der Waals surface area contributed by atoms with Crippen LogP contribution in [0.25, 0.3) is 0 Å². The van der Waals surface area contributed by atoms with Crippen molar-refractivity contribution in [3.8, 4) is 0 Å². The zero-order valence-corrected chi connectivity index (χ0v) is 9.51. The second kappa shape index (κ2) is 4.62. The molecule has 0 aliphatic carbocycles. The van der Waals surface area contributed by atoms with Gasteiger partial charge < -0.3 is 9.16 Å². The molecule has 0 aromatic rings. The Labute approximate surface area is 75.2 Å². The maximum atomic E-state index is 11.3. The highest BCUT2D eigenvalue weighted by Crippen LogP contribution is 2.07. The van der Waals surface area contributed by atoms with Gasteiger partial charge in [0.1, 0.15) is 0 Å². The average Bonchev–Trinajstić information content (AvgIpc) is 1.85. The third-order valence-electron chi connectivity index (χ3n) is 1.32. The summed E-state index contributed by atoms with van der Waals surface area (Å²) in [5.74, 6) is -0.223. The summed E-state index contributed by atoms with van der Waals surface area (Å²) in [7, 11) is -0.218. The number of carbonyl (C=O) groups is 1. The molecule has 0 saturated carbocycles. The Bertz CT molecular complexity index is 147. The van der Waals surface area contributed by atoms with E-state index in [1.165, 1.54) is 7.11 Å². The molecule has 0 heterocycles. The molecule has 0 aliphatic rings. The van der Waals surface area contributed by atoms with Crippen LogP contribution in [0.3, 0.4) is 0 Å². The Kier molecular flexibility index (Phi) is 4.48. The Hall–Kier alpha value is -0.353. The first kappa shape index (κ1) is 11.6. The van der Waals surface area contributed by atoms with Gasteiger partial charge in [-0.2, -0.15) is 0 Å². The lowest BCUT2D eigenvalue weighted by atomic mass is 10.3. The summed E-state index contributed by atoms with van der Waals surface area (Å²) in [4.78, 5) is 11.3. The van der Waals surface area contributed by atoms with Crippen LogP contribution in [0.15, 0.2) is 0 Å². The molecule has 0 spiro atoms. The molecule has 0 bridgehead atoms. The number of hydrogen-bond acceptors (Lipinski definition) is 3. The Morgan fingerprint density at radius 1 is 1.42 bits per heavy atom. The molecule has 12 heavy (non-hydrogen) atoms. The minimum Gasteiger partial charge on any atom is -0.518 e. The average molecular weight is 190 g/mol. The Morgan fingerprint density at radius 3 is 2.17 bits per heavy atom. The second-order valence-electron chi connectivity index (χ2n) is 3.67. The lowest BCUT2D eigenvalue weighted by molar-refractivity contribution is -0.146. The number of hydrogen-bond donors (Lipinski definition) is 0. The predicted molar refractivity (Wildman–Crippen MR) is 50.5 cm³/mol. The van der Waals surface area contributed by atoms with Crippen molar-refractivity contribution in [3.63, 3.8) is 0 Å². The van der Waals surface area contributed by atoms with Crippen molar-refractivity contribution in [2.24, 2.45) is 0 Å². The summed E-state index contributed by atoms with van der Waals surface area (Å²) < 4.78 is 10.2. The molecule has 3 nitrogen and oxygen atoms in total. The summed E-state index contributed by atoms with van der Waals surface area (Å²) in [6.45, 7) is 7.84. The first-order valence-electron chi connectivity index (χ1n) is 4.16. The van der Waals surface area contributed by atoms with Gasteiger partial charge in [0, 0.05) is 7.11 Å². The van der Waals surface area contributed by atoms with E-state index in [9.17, 15) is 4.79 Å². The maximum absolute atomic E-state index is 11.3. The monoisotopic (exact) mass is 190 g/mol. The maximum Gasteiger partial charge on any atom is 0.321 e. The molecule has 0 aromatic carbocycles. The minimum atomic E-state index is -1.75. The standard InChI is InChI=1S/C8H18O3Si/c1-6-7(10-2)8(9)11-12(3,4)5/h7H,6H2,1-5H3. The SMILES string of the molecule is CCC(OC)C(=O)O[Si](C)(C)C. The van der Waals surface area contributed by atoms with Crippen LogP contribution in [0.2, 0.25) is 19.6 Å². The molecule has 72 valence electrons. The van der Waals surface area contributed by atoms with Crippen LogP contribution in [-0.4, -0.2) is 27.5 Å². The topological polar surface area (TPSA) is 35.5 Å². The summed E-state index contributed by atoms with van der Waals surface area (Å²) in [5, 5.41) is 0. The van der Waals surface area contributed by atoms with E-state index in [1.807, 2.05) is 26.6 Å². The van der Waals surface area contributed by atoms with E-state index in [4.69, 9.17) is 9.16 Å². The van der Waals surface area contributed by atoms with Crippen LogP contribution in [0.4, 0.5) is 0 Å². The Balaban J connectivity index is 4.02. The summed E-state index contributed by atoms with van der Waals surface area (Å²) >= 11 is 0. The minimum absolute atomic E-state index is 0.223. The van der Waals surface area contributed by atoms with Gasteiger partial charge in [-0.1, -0.05) is 6.92 Å². The third-order valence-corrected chi connectivity index (χ3v) is 2.14. The highest BCUT2D eigenvalue weighted by Gasteiger charge is 2.25. The third kappa shape index (κ3) is 4.51. The van der Waals surface area contributed by atoms with Crippen molar-refractivity contribution in [3.05, 3.63) is 0 Å². The summed E-state index contributed by atoms with van der Waals surface area (Å²) in [5.41, 5.74) is 0. The highest BCUT2D eigenvalue weighted by molar-refractivity contribution is 6.71. The van der Waals surface area contributed by atoms with Crippen molar-refractivity contribution in [1.29, 1.82) is 0 Å². The van der Waals surface area contributed by atoms with E-state index < -0.39 is 14.4 Å². The molecule has 0 N–H and O–H groups in total. The zero-order valence-electron chi connectivity index (χ0n) is 8.51. The van der Waals surface area contributed by atoms with Crippen LogP contribution < -0.4 is 0 Å². The molecule has 1 unspecified atom stereocenters. The molecule has 0 amide bonds. The van der Waals surface area contributed by atoms with Crippen molar-refractivity contribution >= 4 is 14.3 Å². The van der Waals surface area contributed by atoms with E-state index >= 15 is 0 Å². The van der Waals surface area contributed by atoms with Gasteiger partial charge in [-0.25, -0.2) is 0 Å². The smallest absolute Gasteiger partial charge is 0.321 e. The quantitative estimate of drug-likeness (QED) is 0.634. The fourth-order valence-electron chi connectivity index (χ4n) is 0.797. The first-order chi connectivity index (χ1) is 5.40. The summed E-state index contributed by atoms with van der Waals surface area (Å²) in [6.07, 6.45) is 0.275. The van der Waals surface area contributed by atoms with E-state index in [1.54, 1.807) is 0 Å². The highest BCUT2D eigenvalue weighted by atomic mass is 28.4. The lowest BCUT2D eigenvalue weighted by Gasteiger charge is -2.20. The molecule has 0 aromatic heterocycles. The molecule has 0 rings (SSSR count). The Morgan fingerprint density at radius 2 is 1.92 bits per heavy atom. The molecule has 0 fully saturated rings. The molecule has 0 saturated heterocycles. The molecule has 4 heteroatoms. The van der Waals surface area contributed by atoms with E-state index in [0.29, 0.717) is 6.42 Å². The molecule has 1 atom stereocenters. The molecule has 0 aliphatic heterocycles. The van der Waals surface area contributed by atoms with E-state index in [0.717, 1.165) is 0 Å². The molecular formula is C8H18O3Si. The van der Waals surface area contributed by atoms with E-state index in [-0.39, 0.29) is 5.97 Å². The van der Waals surface area contributed by atoms with Gasteiger partial charge in [0.05, 0.1) is 0 Å². The predicted octanol–water partition coefficient (Wildman–Crippen LogP) is 1.79. The van der Waals surface area contributed by atoms with Crippen molar-refractivity contribution < 1.29 is 14.0 Å². The van der Waals surface area contributed by atoms with Crippen LogP contribution in [0.1, 0.15) is 13.3 Å². The van der Waals surface area contributed by atoms with Gasteiger partial charge in [0.2, 0.25) is 8.32 Å². The zero-order chi connectivity index (χ0) is 9.78. The van der Waals surface area contributed by atoms with Gasteiger partial charge >= 0.3 is 5.97 Å². The fourth-order valence-corrected chi connectivity index (χ4v) is 1.53. The van der Waals surface area contributed by atoms with Crippen molar-refractivity contribution in [2.45, 2.75) is 39.1 Å². The molecular weight excluding hydrogens is 172 g/mol. The summed E-state index contributed by atoms with van der Waals surface area (Å²) in [6, 6.07) is 0. The lowest BCUT2D eigenvalue weighted by Crippen LogP contribution is -2.35. The normalized spacial score (nSPS) is 14.1. The van der Waals surface area contributed by atoms with Gasteiger partial charge in [-0.15, -0.1) is 0 Å².